The molecule has 0 saturated carbocycles. The van der Waals surface area contributed by atoms with Crippen molar-refractivity contribution in [2.24, 2.45) is 10.7 Å². The maximum absolute atomic E-state index is 12.6. The molecular weight excluding hydrogens is 183 g/mol. The molecule has 5 heteroatoms. The fourth-order valence-corrected chi connectivity index (χ4v) is 1.45. The Labute approximate surface area is 81.1 Å². The van der Waals surface area contributed by atoms with E-state index < -0.39 is 5.54 Å². The second-order valence-corrected chi connectivity index (χ2v) is 3.52. The van der Waals surface area contributed by atoms with Gasteiger partial charge in [0.15, 0.2) is 5.96 Å². The third-order valence-electron chi connectivity index (χ3n) is 2.26. The standard InChI is InChI=1S/C9H11FN4/c1-9(5-13-8(11)14-9)7-3-2-6(10)4-12-7/h2-4H,5H2,1H3,(H3,11,13,14). The molecule has 2 rings (SSSR count). The summed E-state index contributed by atoms with van der Waals surface area (Å²) in [7, 11) is 0. The smallest absolute Gasteiger partial charge is 0.189 e. The van der Waals surface area contributed by atoms with E-state index in [0.29, 0.717) is 12.5 Å². The number of halogens is 1. The van der Waals surface area contributed by atoms with E-state index in [9.17, 15) is 4.39 Å². The minimum atomic E-state index is -0.405. The molecule has 1 atom stereocenters. The lowest BCUT2D eigenvalue weighted by molar-refractivity contribution is 0.462. The number of guanidine groups is 1. The Hall–Kier alpha value is -1.65. The van der Waals surface area contributed by atoms with Gasteiger partial charge in [0.1, 0.15) is 5.82 Å². The van der Waals surface area contributed by atoms with E-state index in [4.69, 9.17) is 5.73 Å². The molecular formula is C9H11FN4. The van der Waals surface area contributed by atoms with Gasteiger partial charge in [-0.05, 0) is 19.1 Å². The van der Waals surface area contributed by atoms with E-state index in [-0.39, 0.29) is 5.82 Å². The quantitative estimate of drug-likeness (QED) is 0.678. The average Bonchev–Trinajstić information content (AvgIpc) is 2.48. The molecule has 0 spiro atoms. The Kier molecular flexibility index (Phi) is 1.87. The monoisotopic (exact) mass is 194 g/mol. The SMILES string of the molecule is CC1(c2ccc(F)cn2)CN=C(N)N1. The molecule has 1 aromatic heterocycles. The Balaban J connectivity index is 2.28. The fourth-order valence-electron chi connectivity index (χ4n) is 1.45. The first kappa shape index (κ1) is 8.93. The second-order valence-electron chi connectivity index (χ2n) is 3.52. The van der Waals surface area contributed by atoms with Gasteiger partial charge in [-0.25, -0.2) is 4.39 Å². The lowest BCUT2D eigenvalue weighted by atomic mass is 9.98. The van der Waals surface area contributed by atoms with Gasteiger partial charge in [0.05, 0.1) is 24.0 Å². The van der Waals surface area contributed by atoms with Gasteiger partial charge in [-0.15, -0.1) is 0 Å². The van der Waals surface area contributed by atoms with Crippen LogP contribution in [0.2, 0.25) is 0 Å². The summed E-state index contributed by atoms with van der Waals surface area (Å²) < 4.78 is 12.6. The predicted octanol–water partition coefficient (Wildman–Crippen LogP) is 0.354. The minimum absolute atomic E-state index is 0.343. The number of nitrogens with one attached hydrogen (secondary N) is 1. The molecule has 0 aromatic carbocycles. The zero-order chi connectivity index (χ0) is 10.2. The molecule has 1 aliphatic heterocycles. The van der Waals surface area contributed by atoms with Crippen molar-refractivity contribution in [3.63, 3.8) is 0 Å². The van der Waals surface area contributed by atoms with Gasteiger partial charge in [-0.3, -0.25) is 9.98 Å². The molecule has 0 amide bonds. The normalized spacial score (nSPS) is 25.7. The van der Waals surface area contributed by atoms with Crippen LogP contribution < -0.4 is 11.1 Å². The van der Waals surface area contributed by atoms with Gasteiger partial charge in [-0.2, -0.15) is 0 Å². The molecule has 0 radical (unpaired) electrons. The van der Waals surface area contributed by atoms with Crippen molar-refractivity contribution in [3.05, 3.63) is 29.8 Å². The van der Waals surface area contributed by atoms with Crippen molar-refractivity contribution in [2.45, 2.75) is 12.5 Å². The van der Waals surface area contributed by atoms with Crippen LogP contribution in [0.25, 0.3) is 0 Å². The number of hydrogen-bond donors (Lipinski definition) is 2. The van der Waals surface area contributed by atoms with Crippen LogP contribution in [-0.2, 0) is 5.54 Å². The molecule has 1 unspecified atom stereocenters. The summed E-state index contributed by atoms with van der Waals surface area (Å²) in [4.78, 5) is 8.04. The van der Waals surface area contributed by atoms with Crippen LogP contribution in [-0.4, -0.2) is 17.5 Å². The molecule has 0 fully saturated rings. The Morgan fingerprint density at radius 3 is 2.86 bits per heavy atom. The van der Waals surface area contributed by atoms with Crippen molar-refractivity contribution in [1.82, 2.24) is 10.3 Å². The first-order valence-corrected chi connectivity index (χ1v) is 4.30. The van der Waals surface area contributed by atoms with E-state index in [0.717, 1.165) is 5.69 Å². The van der Waals surface area contributed by atoms with E-state index in [2.05, 4.69) is 15.3 Å². The fraction of sp³-hybridized carbons (Fsp3) is 0.333. The third-order valence-corrected chi connectivity index (χ3v) is 2.26. The molecule has 3 N–H and O–H groups in total. The Morgan fingerprint density at radius 1 is 1.57 bits per heavy atom. The Bertz CT molecular complexity index is 373. The van der Waals surface area contributed by atoms with E-state index in [1.165, 1.54) is 12.3 Å². The van der Waals surface area contributed by atoms with Crippen LogP contribution in [0.3, 0.4) is 0 Å². The first-order valence-electron chi connectivity index (χ1n) is 4.30. The van der Waals surface area contributed by atoms with E-state index >= 15 is 0 Å². The molecule has 0 aliphatic carbocycles. The van der Waals surface area contributed by atoms with E-state index in [1.807, 2.05) is 6.92 Å². The number of rotatable bonds is 1. The average molecular weight is 194 g/mol. The molecule has 2 heterocycles. The molecule has 14 heavy (non-hydrogen) atoms. The number of hydrogen-bond acceptors (Lipinski definition) is 4. The molecule has 1 aliphatic rings. The van der Waals surface area contributed by atoms with Gasteiger partial charge in [0.2, 0.25) is 0 Å². The minimum Gasteiger partial charge on any atom is -0.370 e. The van der Waals surface area contributed by atoms with Crippen molar-refractivity contribution in [2.75, 3.05) is 6.54 Å². The maximum atomic E-state index is 12.6. The van der Waals surface area contributed by atoms with Gasteiger partial charge in [0.25, 0.3) is 0 Å². The zero-order valence-corrected chi connectivity index (χ0v) is 7.79. The molecule has 0 saturated heterocycles. The summed E-state index contributed by atoms with van der Waals surface area (Å²) in [5.74, 6) is 0.0582. The van der Waals surface area contributed by atoms with Crippen molar-refractivity contribution < 1.29 is 4.39 Å². The molecule has 1 aromatic rings. The van der Waals surface area contributed by atoms with E-state index in [1.54, 1.807) is 6.07 Å². The zero-order valence-electron chi connectivity index (χ0n) is 7.79. The van der Waals surface area contributed by atoms with Crippen molar-refractivity contribution in [1.29, 1.82) is 0 Å². The summed E-state index contributed by atoms with van der Waals surface area (Å²) in [5, 5.41) is 3.01. The lowest BCUT2D eigenvalue weighted by Crippen LogP contribution is -2.43. The highest BCUT2D eigenvalue weighted by molar-refractivity contribution is 5.80. The van der Waals surface area contributed by atoms with Gasteiger partial charge < -0.3 is 11.1 Å². The highest BCUT2D eigenvalue weighted by Crippen LogP contribution is 2.21. The summed E-state index contributed by atoms with van der Waals surface area (Å²) in [5.41, 5.74) is 5.85. The number of aromatic nitrogens is 1. The second kappa shape index (κ2) is 2.94. The van der Waals surface area contributed by atoms with Crippen LogP contribution in [0, 0.1) is 5.82 Å². The highest BCUT2D eigenvalue weighted by atomic mass is 19.1. The number of aliphatic imine (C=N–C) groups is 1. The van der Waals surface area contributed by atoms with Gasteiger partial charge in [0, 0.05) is 0 Å². The predicted molar refractivity (Wildman–Crippen MR) is 51.2 cm³/mol. The van der Waals surface area contributed by atoms with Crippen molar-refractivity contribution >= 4 is 5.96 Å². The van der Waals surface area contributed by atoms with Crippen LogP contribution in [0.15, 0.2) is 23.3 Å². The van der Waals surface area contributed by atoms with Crippen LogP contribution in [0.4, 0.5) is 4.39 Å². The molecule has 74 valence electrons. The number of pyridine rings is 1. The van der Waals surface area contributed by atoms with Crippen LogP contribution in [0.5, 0.6) is 0 Å². The first-order chi connectivity index (χ1) is 6.60. The topological polar surface area (TPSA) is 63.3 Å². The summed E-state index contributed by atoms with van der Waals surface area (Å²) in [6.45, 7) is 2.45. The molecule has 0 bridgehead atoms. The van der Waals surface area contributed by atoms with Gasteiger partial charge >= 0.3 is 0 Å². The maximum Gasteiger partial charge on any atom is 0.189 e. The number of nitrogens with zero attached hydrogens (tertiary/aromatic N) is 2. The van der Waals surface area contributed by atoms with Gasteiger partial charge in [-0.1, -0.05) is 0 Å². The number of nitrogens with two attached hydrogens (primary N) is 1. The summed E-state index contributed by atoms with van der Waals surface area (Å²) in [6.07, 6.45) is 1.19. The van der Waals surface area contributed by atoms with Crippen molar-refractivity contribution in [3.8, 4) is 0 Å². The largest absolute Gasteiger partial charge is 0.370 e. The Morgan fingerprint density at radius 2 is 2.36 bits per heavy atom. The summed E-state index contributed by atoms with van der Waals surface area (Å²) in [6, 6.07) is 3.01. The summed E-state index contributed by atoms with van der Waals surface area (Å²) >= 11 is 0. The lowest BCUT2D eigenvalue weighted by Gasteiger charge is -2.23. The van der Waals surface area contributed by atoms with Crippen LogP contribution in [0.1, 0.15) is 12.6 Å². The third kappa shape index (κ3) is 1.41. The van der Waals surface area contributed by atoms with Crippen LogP contribution >= 0.6 is 0 Å². The molecule has 4 nitrogen and oxygen atoms in total. The highest BCUT2D eigenvalue weighted by Gasteiger charge is 2.32.